The molecule has 40 heavy (non-hydrogen) atoms. The summed E-state index contributed by atoms with van der Waals surface area (Å²) in [6.45, 7) is 8.59. The molecule has 1 fully saturated rings. The van der Waals surface area contributed by atoms with Gasteiger partial charge >= 0.3 is 0 Å². The van der Waals surface area contributed by atoms with Crippen molar-refractivity contribution in [3.63, 3.8) is 0 Å². The third kappa shape index (κ3) is 10.2. The molecule has 3 rings (SSSR count). The van der Waals surface area contributed by atoms with Crippen LogP contribution in [0.4, 0.5) is 5.69 Å². The molecule has 0 unspecified atom stereocenters. The predicted octanol–water partition coefficient (Wildman–Crippen LogP) is 4.37. The zero-order valence-corrected chi connectivity index (χ0v) is 25.9. The summed E-state index contributed by atoms with van der Waals surface area (Å²) in [6, 6.07) is 4.35. The number of benzene rings is 1. The second-order valence-electron chi connectivity index (χ2n) is 12.1. The highest BCUT2D eigenvalue weighted by atomic mass is 32.2. The van der Waals surface area contributed by atoms with Crippen LogP contribution >= 0.6 is 0 Å². The van der Waals surface area contributed by atoms with Crippen LogP contribution in [0.15, 0.2) is 18.2 Å². The highest BCUT2D eigenvalue weighted by Gasteiger charge is 2.31. The average Bonchev–Trinajstić information content (AvgIpc) is 2.90. The first-order chi connectivity index (χ1) is 19.0. The van der Waals surface area contributed by atoms with Crippen LogP contribution < -0.4 is 9.46 Å². The molecule has 1 aromatic rings. The van der Waals surface area contributed by atoms with Gasteiger partial charge in [-0.15, -0.1) is 0 Å². The second-order valence-corrected chi connectivity index (χ2v) is 13.9. The molecule has 1 amide bonds. The Balaban J connectivity index is 1.89. The predicted molar refractivity (Wildman–Crippen MR) is 159 cm³/mol. The maximum Gasteiger partial charge on any atom is 0.258 e. The maximum atomic E-state index is 14.1. The van der Waals surface area contributed by atoms with Crippen molar-refractivity contribution >= 4 is 21.6 Å². The van der Waals surface area contributed by atoms with Crippen LogP contribution in [-0.4, -0.2) is 93.6 Å². The largest absolute Gasteiger partial charge is 0.490 e. The summed E-state index contributed by atoms with van der Waals surface area (Å²) in [6.07, 6.45) is 10.1. The van der Waals surface area contributed by atoms with Gasteiger partial charge in [0.2, 0.25) is 10.0 Å². The van der Waals surface area contributed by atoms with E-state index in [1.54, 1.807) is 17.0 Å². The molecular weight excluding hydrogens is 530 g/mol. The van der Waals surface area contributed by atoms with Crippen molar-refractivity contribution in [2.24, 2.45) is 11.8 Å². The molecule has 2 aliphatic rings. The highest BCUT2D eigenvalue weighted by Crippen LogP contribution is 2.29. The molecule has 0 saturated heterocycles. The van der Waals surface area contributed by atoms with Crippen LogP contribution in [-0.2, 0) is 14.8 Å². The number of sulfonamides is 1. The Morgan fingerprint density at radius 1 is 1.10 bits per heavy atom. The van der Waals surface area contributed by atoms with Crippen molar-refractivity contribution in [1.29, 1.82) is 0 Å². The van der Waals surface area contributed by atoms with E-state index in [1.807, 2.05) is 13.8 Å². The van der Waals surface area contributed by atoms with E-state index < -0.39 is 16.1 Å². The van der Waals surface area contributed by atoms with E-state index in [0.717, 1.165) is 44.5 Å². The first-order valence-corrected chi connectivity index (χ1v) is 16.9. The highest BCUT2D eigenvalue weighted by molar-refractivity contribution is 7.92. The molecule has 1 aromatic carbocycles. The molecule has 1 saturated carbocycles. The quantitative estimate of drug-likeness (QED) is 0.470. The Hall–Kier alpha value is -1.88. The number of rotatable bonds is 8. The molecule has 1 heterocycles. The fourth-order valence-electron chi connectivity index (χ4n) is 5.85. The SMILES string of the molecule is C[C@@H]1CCCCO[C@@H](CN(C)CC2CCCCC2)[C@H](C)CN([C@@H](C)CO)C(=O)c2cc(NS(C)(=O)=O)ccc2O1. The molecule has 1 aliphatic heterocycles. The molecule has 4 atom stereocenters. The van der Waals surface area contributed by atoms with Crippen molar-refractivity contribution in [1.82, 2.24) is 9.80 Å². The summed E-state index contributed by atoms with van der Waals surface area (Å²) in [5.41, 5.74) is 0.569. The first-order valence-electron chi connectivity index (χ1n) is 15.0. The molecule has 0 radical (unpaired) electrons. The van der Waals surface area contributed by atoms with Crippen molar-refractivity contribution in [3.8, 4) is 5.75 Å². The van der Waals surface area contributed by atoms with Gasteiger partial charge < -0.3 is 24.4 Å². The van der Waals surface area contributed by atoms with Crippen LogP contribution in [0.3, 0.4) is 0 Å². The van der Waals surface area contributed by atoms with E-state index in [0.29, 0.717) is 24.6 Å². The number of amides is 1. The monoisotopic (exact) mass is 581 g/mol. The number of likely N-dealkylation sites (N-methyl/N-ethyl adjacent to an activating group) is 1. The number of nitrogens with zero attached hydrogens (tertiary/aromatic N) is 2. The topological polar surface area (TPSA) is 108 Å². The minimum atomic E-state index is -3.53. The van der Waals surface area contributed by atoms with Crippen LogP contribution in [0.2, 0.25) is 0 Å². The number of carbonyl (C=O) groups excluding carboxylic acids is 1. The lowest BCUT2D eigenvalue weighted by Gasteiger charge is -2.36. The Bertz CT molecular complexity index is 1050. The van der Waals surface area contributed by atoms with Gasteiger partial charge in [0.1, 0.15) is 5.75 Å². The van der Waals surface area contributed by atoms with Crippen LogP contribution in [0.1, 0.15) is 82.5 Å². The summed E-state index contributed by atoms with van der Waals surface area (Å²) >= 11 is 0. The van der Waals surface area contributed by atoms with Gasteiger partial charge in [-0.2, -0.15) is 0 Å². The average molecular weight is 582 g/mol. The van der Waals surface area contributed by atoms with Crippen LogP contribution in [0.5, 0.6) is 5.75 Å². The minimum Gasteiger partial charge on any atom is -0.490 e. The summed E-state index contributed by atoms with van der Waals surface area (Å²) < 4.78 is 38.9. The number of anilines is 1. The molecule has 10 heteroatoms. The van der Waals surface area contributed by atoms with Gasteiger partial charge in [0.15, 0.2) is 0 Å². The Morgan fingerprint density at radius 2 is 1.80 bits per heavy atom. The lowest BCUT2D eigenvalue weighted by Crippen LogP contribution is -2.47. The lowest BCUT2D eigenvalue weighted by atomic mass is 9.89. The standard InChI is InChI=1S/C30H51N3O6S/c1-22-18-33(23(2)21-34)30(35)27-17-26(31-40(5,36)37)14-15-28(27)39-24(3)11-9-10-16-38-29(22)20-32(4)19-25-12-7-6-8-13-25/h14-15,17,22-25,29,31,34H,6-13,16,18-21H2,1-5H3/t22-,23+,24-,29+/m1/s1. The number of hydrogen-bond donors (Lipinski definition) is 2. The molecule has 0 spiro atoms. The lowest BCUT2D eigenvalue weighted by molar-refractivity contribution is -0.0190. The molecule has 228 valence electrons. The molecule has 0 bridgehead atoms. The van der Waals surface area contributed by atoms with Crippen molar-refractivity contribution in [2.75, 3.05) is 50.9 Å². The van der Waals surface area contributed by atoms with Gasteiger partial charge in [-0.3, -0.25) is 9.52 Å². The van der Waals surface area contributed by atoms with Crippen LogP contribution in [0.25, 0.3) is 0 Å². The van der Waals surface area contributed by atoms with Gasteiger partial charge in [-0.1, -0.05) is 26.2 Å². The smallest absolute Gasteiger partial charge is 0.258 e. The summed E-state index contributed by atoms with van der Waals surface area (Å²) in [7, 11) is -1.36. The minimum absolute atomic E-state index is 0.00955. The molecule has 2 N–H and O–H groups in total. The molecular formula is C30H51N3O6S. The van der Waals surface area contributed by atoms with Gasteiger partial charge in [0, 0.05) is 37.8 Å². The van der Waals surface area contributed by atoms with Gasteiger partial charge in [0.25, 0.3) is 5.91 Å². The van der Waals surface area contributed by atoms with E-state index in [4.69, 9.17) is 9.47 Å². The number of carbonyl (C=O) groups is 1. The first kappa shape index (κ1) is 32.6. The number of nitrogens with one attached hydrogen (secondary N) is 1. The molecule has 0 aromatic heterocycles. The number of aliphatic hydroxyl groups is 1. The zero-order chi connectivity index (χ0) is 29.3. The van der Waals surface area contributed by atoms with Crippen molar-refractivity contribution in [2.45, 2.75) is 90.4 Å². The Morgan fingerprint density at radius 3 is 2.48 bits per heavy atom. The van der Waals surface area contributed by atoms with E-state index in [1.165, 1.54) is 38.2 Å². The van der Waals surface area contributed by atoms with Gasteiger partial charge in [-0.25, -0.2) is 8.42 Å². The van der Waals surface area contributed by atoms with Gasteiger partial charge in [0.05, 0.1) is 36.7 Å². The number of fused-ring (bicyclic) bond motifs is 1. The van der Waals surface area contributed by atoms with E-state index in [-0.39, 0.29) is 36.2 Å². The zero-order valence-electron chi connectivity index (χ0n) is 25.1. The fraction of sp³-hybridized carbons (Fsp3) is 0.767. The molecule has 9 nitrogen and oxygen atoms in total. The van der Waals surface area contributed by atoms with E-state index in [2.05, 4.69) is 23.6 Å². The number of ether oxygens (including phenoxy) is 2. The van der Waals surface area contributed by atoms with Crippen molar-refractivity contribution in [3.05, 3.63) is 23.8 Å². The van der Waals surface area contributed by atoms with E-state index in [9.17, 15) is 18.3 Å². The van der Waals surface area contributed by atoms with Gasteiger partial charge in [-0.05, 0) is 77.1 Å². The second kappa shape index (κ2) is 15.4. The number of aliphatic hydroxyl groups excluding tert-OH is 1. The fourth-order valence-corrected chi connectivity index (χ4v) is 6.41. The third-order valence-corrected chi connectivity index (χ3v) is 8.75. The molecule has 1 aliphatic carbocycles. The van der Waals surface area contributed by atoms with Crippen LogP contribution in [0, 0.1) is 11.8 Å². The van der Waals surface area contributed by atoms with E-state index >= 15 is 0 Å². The Kier molecular flexibility index (Phi) is 12.5. The number of hydrogen-bond acceptors (Lipinski definition) is 7. The van der Waals surface area contributed by atoms with Crippen molar-refractivity contribution < 1.29 is 27.8 Å². The normalized spacial score (nSPS) is 25.1. The summed E-state index contributed by atoms with van der Waals surface area (Å²) in [5, 5.41) is 10.1. The maximum absolute atomic E-state index is 14.1. The summed E-state index contributed by atoms with van der Waals surface area (Å²) in [4.78, 5) is 18.1. The Labute approximate surface area is 241 Å². The summed E-state index contributed by atoms with van der Waals surface area (Å²) in [5.74, 6) is 0.846. The third-order valence-electron chi connectivity index (χ3n) is 8.14.